The van der Waals surface area contributed by atoms with Crippen molar-refractivity contribution < 1.29 is 10.2 Å². The summed E-state index contributed by atoms with van der Waals surface area (Å²) in [5, 5.41) is 21.9. The zero-order valence-electron chi connectivity index (χ0n) is 9.49. The van der Waals surface area contributed by atoms with Gasteiger partial charge in [-0.25, -0.2) is 0 Å². The highest BCUT2D eigenvalue weighted by molar-refractivity contribution is 5.30. The van der Waals surface area contributed by atoms with E-state index < -0.39 is 5.54 Å². The number of phenols is 1. The summed E-state index contributed by atoms with van der Waals surface area (Å²) in [6, 6.07) is 7.19. The molecule has 0 radical (unpaired) electrons. The lowest BCUT2D eigenvalue weighted by atomic mass is 9.92. The smallest absolute Gasteiger partial charge is 0.115 e. The summed E-state index contributed by atoms with van der Waals surface area (Å²) >= 11 is 0. The molecule has 0 aliphatic rings. The van der Waals surface area contributed by atoms with Gasteiger partial charge in [-0.2, -0.15) is 0 Å². The van der Waals surface area contributed by atoms with Crippen LogP contribution in [0.1, 0.15) is 26.3 Å². The van der Waals surface area contributed by atoms with Crippen LogP contribution in [-0.2, 0) is 5.54 Å². The predicted molar refractivity (Wildman–Crippen MR) is 60.8 cm³/mol. The molecule has 3 nitrogen and oxygen atoms in total. The Morgan fingerprint density at radius 2 is 1.80 bits per heavy atom. The van der Waals surface area contributed by atoms with Gasteiger partial charge in [0.1, 0.15) is 5.75 Å². The molecule has 0 saturated heterocycles. The Labute approximate surface area is 90.8 Å². The van der Waals surface area contributed by atoms with Crippen molar-refractivity contribution in [2.24, 2.45) is 0 Å². The molecular weight excluding hydrogens is 190 g/mol. The molecule has 1 aromatic rings. The van der Waals surface area contributed by atoms with Gasteiger partial charge in [-0.1, -0.05) is 12.1 Å². The maximum absolute atomic E-state index is 9.43. The van der Waals surface area contributed by atoms with E-state index in [9.17, 15) is 10.2 Å². The Bertz CT molecular complexity index is 308. The van der Waals surface area contributed by atoms with Crippen molar-refractivity contribution >= 4 is 0 Å². The zero-order valence-corrected chi connectivity index (χ0v) is 9.49. The number of rotatable bonds is 4. The van der Waals surface area contributed by atoms with Crippen LogP contribution in [0.2, 0.25) is 0 Å². The van der Waals surface area contributed by atoms with Gasteiger partial charge in [-0.05, 0) is 38.5 Å². The average Bonchev–Trinajstić information content (AvgIpc) is 2.17. The van der Waals surface area contributed by atoms with E-state index >= 15 is 0 Å². The van der Waals surface area contributed by atoms with Crippen LogP contribution in [0.4, 0.5) is 0 Å². The van der Waals surface area contributed by atoms with Crippen LogP contribution < -0.4 is 5.32 Å². The Morgan fingerprint density at radius 1 is 1.27 bits per heavy atom. The fourth-order valence-electron chi connectivity index (χ4n) is 1.69. The van der Waals surface area contributed by atoms with Gasteiger partial charge in [0.2, 0.25) is 0 Å². The van der Waals surface area contributed by atoms with Crippen LogP contribution in [0.25, 0.3) is 0 Å². The van der Waals surface area contributed by atoms with E-state index in [1.54, 1.807) is 12.1 Å². The number of aliphatic hydroxyl groups excluding tert-OH is 1. The molecule has 0 amide bonds. The summed E-state index contributed by atoms with van der Waals surface area (Å²) in [4.78, 5) is 0. The predicted octanol–water partition coefficient (Wildman–Crippen LogP) is 1.60. The van der Waals surface area contributed by atoms with E-state index in [0.29, 0.717) is 0 Å². The fraction of sp³-hybridized carbons (Fsp3) is 0.500. The molecular formula is C12H19NO2. The SMILES string of the molecule is CC(C)NC(C)(CO)c1ccc(O)cc1. The molecule has 0 spiro atoms. The van der Waals surface area contributed by atoms with Crippen molar-refractivity contribution in [3.63, 3.8) is 0 Å². The van der Waals surface area contributed by atoms with Crippen molar-refractivity contribution in [1.82, 2.24) is 5.32 Å². The van der Waals surface area contributed by atoms with Gasteiger partial charge in [-0.3, -0.25) is 0 Å². The molecule has 1 atom stereocenters. The summed E-state index contributed by atoms with van der Waals surface area (Å²) in [6.45, 7) is 6.04. The maximum atomic E-state index is 9.43. The van der Waals surface area contributed by atoms with E-state index in [4.69, 9.17) is 0 Å². The molecule has 0 aromatic heterocycles. The van der Waals surface area contributed by atoms with Gasteiger partial charge in [0.15, 0.2) is 0 Å². The summed E-state index contributed by atoms with van der Waals surface area (Å²) in [5.74, 6) is 0.239. The highest BCUT2D eigenvalue weighted by Gasteiger charge is 2.25. The van der Waals surface area contributed by atoms with Gasteiger partial charge in [0, 0.05) is 6.04 Å². The molecule has 15 heavy (non-hydrogen) atoms. The highest BCUT2D eigenvalue weighted by Crippen LogP contribution is 2.22. The standard InChI is InChI=1S/C12H19NO2/c1-9(2)13-12(3,8-14)10-4-6-11(15)7-5-10/h4-7,9,13-15H,8H2,1-3H3. The first-order valence-corrected chi connectivity index (χ1v) is 5.16. The van der Waals surface area contributed by atoms with Crippen molar-refractivity contribution in [3.8, 4) is 5.75 Å². The van der Waals surface area contributed by atoms with Crippen LogP contribution in [0.5, 0.6) is 5.75 Å². The minimum atomic E-state index is -0.456. The summed E-state index contributed by atoms with van der Waals surface area (Å²) < 4.78 is 0. The Kier molecular flexibility index (Phi) is 3.72. The largest absolute Gasteiger partial charge is 0.508 e. The van der Waals surface area contributed by atoms with Gasteiger partial charge in [0.25, 0.3) is 0 Å². The zero-order chi connectivity index (χ0) is 11.5. The Balaban J connectivity index is 2.95. The first-order chi connectivity index (χ1) is 6.98. The van der Waals surface area contributed by atoms with Gasteiger partial charge in [-0.15, -0.1) is 0 Å². The number of hydrogen-bond donors (Lipinski definition) is 3. The van der Waals surface area contributed by atoms with Crippen LogP contribution in [-0.4, -0.2) is 22.9 Å². The average molecular weight is 209 g/mol. The summed E-state index contributed by atoms with van der Waals surface area (Å²) in [7, 11) is 0. The first-order valence-electron chi connectivity index (χ1n) is 5.16. The van der Waals surface area contributed by atoms with E-state index in [2.05, 4.69) is 5.32 Å². The van der Waals surface area contributed by atoms with Gasteiger partial charge >= 0.3 is 0 Å². The van der Waals surface area contributed by atoms with E-state index in [1.165, 1.54) is 0 Å². The summed E-state index contributed by atoms with van der Waals surface area (Å²) in [5.41, 5.74) is 0.513. The molecule has 0 fully saturated rings. The summed E-state index contributed by atoms with van der Waals surface area (Å²) in [6.07, 6.45) is 0. The molecule has 1 rings (SSSR count). The van der Waals surface area contributed by atoms with E-state index in [1.807, 2.05) is 32.9 Å². The quantitative estimate of drug-likeness (QED) is 0.706. The third kappa shape index (κ3) is 2.94. The van der Waals surface area contributed by atoms with E-state index in [-0.39, 0.29) is 18.4 Å². The lowest BCUT2D eigenvalue weighted by Gasteiger charge is -2.31. The second-order valence-electron chi connectivity index (χ2n) is 4.34. The normalized spacial score (nSPS) is 15.3. The lowest BCUT2D eigenvalue weighted by Crippen LogP contribution is -2.46. The minimum absolute atomic E-state index is 0.0238. The molecule has 0 aliphatic carbocycles. The molecule has 0 aliphatic heterocycles. The Morgan fingerprint density at radius 3 is 2.20 bits per heavy atom. The molecule has 1 unspecified atom stereocenters. The Hall–Kier alpha value is -1.06. The number of aromatic hydroxyl groups is 1. The van der Waals surface area contributed by atoms with Gasteiger partial charge in [0.05, 0.1) is 12.1 Å². The molecule has 3 heteroatoms. The monoisotopic (exact) mass is 209 g/mol. The number of nitrogens with one attached hydrogen (secondary N) is 1. The topological polar surface area (TPSA) is 52.5 Å². The first kappa shape index (κ1) is 12.0. The number of aliphatic hydroxyl groups is 1. The third-order valence-corrected chi connectivity index (χ3v) is 2.43. The van der Waals surface area contributed by atoms with Crippen molar-refractivity contribution in [2.45, 2.75) is 32.4 Å². The molecule has 1 aromatic carbocycles. The maximum Gasteiger partial charge on any atom is 0.115 e. The number of phenolic OH excluding ortho intramolecular Hbond substituents is 1. The number of benzene rings is 1. The molecule has 84 valence electrons. The van der Waals surface area contributed by atoms with Crippen molar-refractivity contribution in [2.75, 3.05) is 6.61 Å². The fourth-order valence-corrected chi connectivity index (χ4v) is 1.69. The minimum Gasteiger partial charge on any atom is -0.508 e. The molecule has 0 bridgehead atoms. The van der Waals surface area contributed by atoms with Crippen LogP contribution in [0.15, 0.2) is 24.3 Å². The van der Waals surface area contributed by atoms with Crippen LogP contribution in [0.3, 0.4) is 0 Å². The second kappa shape index (κ2) is 4.64. The highest BCUT2D eigenvalue weighted by atomic mass is 16.3. The molecule has 0 heterocycles. The molecule has 3 N–H and O–H groups in total. The second-order valence-corrected chi connectivity index (χ2v) is 4.34. The molecule has 0 saturated carbocycles. The van der Waals surface area contributed by atoms with Crippen molar-refractivity contribution in [1.29, 1.82) is 0 Å². The third-order valence-electron chi connectivity index (χ3n) is 2.43. The van der Waals surface area contributed by atoms with Gasteiger partial charge < -0.3 is 15.5 Å². The van der Waals surface area contributed by atoms with Crippen LogP contribution >= 0.6 is 0 Å². The van der Waals surface area contributed by atoms with E-state index in [0.717, 1.165) is 5.56 Å². The van der Waals surface area contributed by atoms with Crippen molar-refractivity contribution in [3.05, 3.63) is 29.8 Å². The van der Waals surface area contributed by atoms with Crippen LogP contribution in [0, 0.1) is 0 Å². The number of hydrogen-bond acceptors (Lipinski definition) is 3. The lowest BCUT2D eigenvalue weighted by molar-refractivity contribution is 0.166.